The summed E-state index contributed by atoms with van der Waals surface area (Å²) in [7, 11) is 1.71. The molecule has 3 aromatic rings. The van der Waals surface area contributed by atoms with Crippen molar-refractivity contribution in [3.63, 3.8) is 0 Å². The number of hydrogen-bond acceptors (Lipinski definition) is 4. The second-order valence-electron chi connectivity index (χ2n) is 6.20. The van der Waals surface area contributed by atoms with Gasteiger partial charge in [-0.05, 0) is 24.3 Å². The van der Waals surface area contributed by atoms with Crippen LogP contribution in [0.25, 0.3) is 17.0 Å². The van der Waals surface area contributed by atoms with E-state index in [1.54, 1.807) is 7.05 Å². The molecule has 2 heterocycles. The molecule has 0 aliphatic carbocycles. The molecule has 0 unspecified atom stereocenters. The van der Waals surface area contributed by atoms with Crippen LogP contribution in [0, 0.1) is 0 Å². The third-order valence-electron chi connectivity index (χ3n) is 4.44. The molecule has 0 atom stereocenters. The van der Waals surface area contributed by atoms with Crippen LogP contribution < -0.4 is 4.74 Å². The fraction of sp³-hybridized carbons (Fsp3) is 0.143. The molecule has 0 radical (unpaired) electrons. The lowest BCUT2D eigenvalue weighted by Crippen LogP contribution is -2.22. The van der Waals surface area contributed by atoms with Crippen LogP contribution in [0.3, 0.4) is 0 Å². The average Bonchev–Trinajstić information content (AvgIpc) is 3.16. The van der Waals surface area contributed by atoms with E-state index in [1.165, 1.54) is 16.7 Å². The summed E-state index contributed by atoms with van der Waals surface area (Å²) in [5.41, 5.74) is 2.13. The zero-order chi connectivity index (χ0) is 18.8. The molecule has 6 heteroatoms. The van der Waals surface area contributed by atoms with Gasteiger partial charge in [0.1, 0.15) is 16.7 Å². The first-order chi connectivity index (χ1) is 13.1. The Kier molecular flexibility index (Phi) is 5.01. The lowest BCUT2D eigenvalue weighted by Gasteiger charge is -2.08. The molecule has 1 saturated heterocycles. The van der Waals surface area contributed by atoms with E-state index in [0.29, 0.717) is 15.8 Å². The molecule has 1 aromatic heterocycles. The topological polar surface area (TPSA) is 34.5 Å². The summed E-state index contributed by atoms with van der Waals surface area (Å²) in [5, 5.41) is 1.11. The Balaban J connectivity index is 1.60. The molecule has 1 fully saturated rings. The zero-order valence-electron chi connectivity index (χ0n) is 14.8. The maximum absolute atomic E-state index is 12.3. The third kappa shape index (κ3) is 3.63. The first-order valence-corrected chi connectivity index (χ1v) is 9.83. The Morgan fingerprint density at radius 2 is 1.85 bits per heavy atom. The van der Waals surface area contributed by atoms with Gasteiger partial charge in [-0.25, -0.2) is 0 Å². The SMILES string of the molecule is CN1C(=O)C(=Cc2cn(CCOc3ccccc3)c3ccccc23)SC1=S. The minimum atomic E-state index is -0.0470. The van der Waals surface area contributed by atoms with Crippen molar-refractivity contribution in [2.24, 2.45) is 0 Å². The predicted molar refractivity (Wildman–Crippen MR) is 115 cm³/mol. The van der Waals surface area contributed by atoms with Gasteiger partial charge in [-0.1, -0.05) is 60.4 Å². The van der Waals surface area contributed by atoms with E-state index in [0.717, 1.165) is 28.8 Å². The number of nitrogens with zero attached hydrogens (tertiary/aromatic N) is 2. The summed E-state index contributed by atoms with van der Waals surface area (Å²) in [6.45, 7) is 1.29. The Morgan fingerprint density at radius 3 is 2.59 bits per heavy atom. The van der Waals surface area contributed by atoms with Gasteiger partial charge in [0.05, 0.1) is 11.4 Å². The highest BCUT2D eigenvalue weighted by Gasteiger charge is 2.28. The number of rotatable bonds is 5. The maximum Gasteiger partial charge on any atom is 0.265 e. The van der Waals surface area contributed by atoms with Crippen molar-refractivity contribution in [2.75, 3.05) is 13.7 Å². The lowest BCUT2D eigenvalue weighted by atomic mass is 10.1. The van der Waals surface area contributed by atoms with E-state index in [-0.39, 0.29) is 5.91 Å². The average molecular weight is 395 g/mol. The highest BCUT2D eigenvalue weighted by molar-refractivity contribution is 8.26. The molecule has 1 aliphatic rings. The minimum Gasteiger partial charge on any atom is -0.492 e. The van der Waals surface area contributed by atoms with Crippen molar-refractivity contribution in [1.82, 2.24) is 9.47 Å². The smallest absolute Gasteiger partial charge is 0.265 e. The molecule has 0 saturated carbocycles. The number of para-hydroxylation sites is 2. The van der Waals surface area contributed by atoms with Crippen molar-refractivity contribution < 1.29 is 9.53 Å². The Bertz CT molecular complexity index is 1040. The predicted octanol–water partition coefficient (Wildman–Crippen LogP) is 4.55. The van der Waals surface area contributed by atoms with Crippen molar-refractivity contribution in [3.8, 4) is 5.75 Å². The molecular weight excluding hydrogens is 376 g/mol. The molecule has 1 aliphatic heterocycles. The Hall–Kier alpha value is -2.57. The Morgan fingerprint density at radius 1 is 1.11 bits per heavy atom. The van der Waals surface area contributed by atoms with Crippen molar-refractivity contribution in [3.05, 3.63) is 71.3 Å². The van der Waals surface area contributed by atoms with Gasteiger partial charge in [-0.3, -0.25) is 9.69 Å². The molecule has 0 spiro atoms. The molecule has 136 valence electrons. The molecule has 2 aromatic carbocycles. The molecule has 4 nitrogen and oxygen atoms in total. The number of carbonyl (C=O) groups excluding carboxylic acids is 1. The van der Waals surface area contributed by atoms with Crippen LogP contribution in [0.4, 0.5) is 0 Å². The second kappa shape index (κ2) is 7.58. The summed E-state index contributed by atoms with van der Waals surface area (Å²) in [4.78, 5) is 14.5. The number of carbonyl (C=O) groups is 1. The molecule has 27 heavy (non-hydrogen) atoms. The van der Waals surface area contributed by atoms with Crippen LogP contribution in [0.2, 0.25) is 0 Å². The van der Waals surface area contributed by atoms with Gasteiger partial charge >= 0.3 is 0 Å². The number of benzene rings is 2. The lowest BCUT2D eigenvalue weighted by molar-refractivity contribution is -0.121. The molecule has 0 bridgehead atoms. The zero-order valence-corrected chi connectivity index (χ0v) is 16.4. The van der Waals surface area contributed by atoms with E-state index >= 15 is 0 Å². The summed E-state index contributed by atoms with van der Waals surface area (Å²) in [5.74, 6) is 0.815. The van der Waals surface area contributed by atoms with Gasteiger partial charge in [-0.2, -0.15) is 0 Å². The number of hydrogen-bond donors (Lipinski definition) is 0. The summed E-state index contributed by atoms with van der Waals surface area (Å²) in [6.07, 6.45) is 4.00. The van der Waals surface area contributed by atoms with Crippen LogP contribution in [0.5, 0.6) is 5.75 Å². The first-order valence-electron chi connectivity index (χ1n) is 8.61. The number of thioether (sulfide) groups is 1. The van der Waals surface area contributed by atoms with E-state index < -0.39 is 0 Å². The fourth-order valence-electron chi connectivity index (χ4n) is 3.04. The van der Waals surface area contributed by atoms with E-state index in [1.807, 2.05) is 48.5 Å². The molecular formula is C21H18N2O2S2. The van der Waals surface area contributed by atoms with E-state index in [2.05, 4.69) is 22.9 Å². The summed E-state index contributed by atoms with van der Waals surface area (Å²) < 4.78 is 8.58. The highest BCUT2D eigenvalue weighted by Crippen LogP contribution is 2.33. The number of ether oxygens (including phenoxy) is 1. The number of fused-ring (bicyclic) bond motifs is 1. The fourth-order valence-corrected chi connectivity index (χ4v) is 4.21. The van der Waals surface area contributed by atoms with Crippen molar-refractivity contribution in [1.29, 1.82) is 0 Å². The standard InChI is InChI=1S/C21H18N2O2S2/c1-22-20(24)19(27-21(22)26)13-15-14-23(18-10-6-5-9-17(15)18)11-12-25-16-7-3-2-4-8-16/h2-10,13-14H,11-12H2,1H3. The van der Waals surface area contributed by atoms with E-state index in [4.69, 9.17) is 17.0 Å². The molecule has 4 rings (SSSR count). The maximum atomic E-state index is 12.3. The number of amides is 1. The van der Waals surface area contributed by atoms with Gasteiger partial charge in [0.2, 0.25) is 0 Å². The van der Waals surface area contributed by atoms with Crippen molar-refractivity contribution >= 4 is 51.2 Å². The van der Waals surface area contributed by atoms with Crippen LogP contribution >= 0.6 is 24.0 Å². The highest BCUT2D eigenvalue weighted by atomic mass is 32.2. The van der Waals surface area contributed by atoms with Crippen LogP contribution in [0.15, 0.2) is 65.7 Å². The number of aromatic nitrogens is 1. The largest absolute Gasteiger partial charge is 0.492 e. The van der Waals surface area contributed by atoms with Crippen LogP contribution in [-0.2, 0) is 11.3 Å². The summed E-state index contributed by atoms with van der Waals surface area (Å²) in [6, 6.07) is 18.0. The summed E-state index contributed by atoms with van der Waals surface area (Å²) >= 11 is 6.57. The number of likely N-dealkylation sites (N-methyl/N-ethyl adjacent to an activating group) is 1. The van der Waals surface area contributed by atoms with Gasteiger partial charge in [0, 0.05) is 29.7 Å². The first kappa shape index (κ1) is 17.8. The van der Waals surface area contributed by atoms with Gasteiger partial charge in [0.15, 0.2) is 0 Å². The van der Waals surface area contributed by atoms with Gasteiger partial charge < -0.3 is 9.30 Å². The van der Waals surface area contributed by atoms with Gasteiger partial charge in [-0.15, -0.1) is 0 Å². The van der Waals surface area contributed by atoms with Crippen LogP contribution in [-0.4, -0.2) is 33.3 Å². The quantitative estimate of drug-likeness (QED) is 0.470. The second-order valence-corrected chi connectivity index (χ2v) is 7.87. The monoisotopic (exact) mass is 394 g/mol. The minimum absolute atomic E-state index is 0.0470. The number of thiocarbonyl (C=S) groups is 1. The Labute approximate surface area is 167 Å². The molecule has 1 amide bonds. The third-order valence-corrected chi connectivity index (χ3v) is 5.92. The van der Waals surface area contributed by atoms with Gasteiger partial charge in [0.25, 0.3) is 5.91 Å². The van der Waals surface area contributed by atoms with Crippen LogP contribution in [0.1, 0.15) is 5.56 Å². The molecule has 0 N–H and O–H groups in total. The normalized spacial score (nSPS) is 15.9. The van der Waals surface area contributed by atoms with E-state index in [9.17, 15) is 4.79 Å². The van der Waals surface area contributed by atoms with Crippen molar-refractivity contribution in [2.45, 2.75) is 6.54 Å².